The molecule has 1 fully saturated rings. The molecule has 1 aliphatic rings. The van der Waals surface area contributed by atoms with Gasteiger partial charge in [0.2, 0.25) is 5.13 Å². The third kappa shape index (κ3) is 3.78. The average Bonchev–Trinajstić information content (AvgIpc) is 2.97. The molecule has 1 aliphatic heterocycles. The minimum absolute atomic E-state index is 0.0147. The Balaban J connectivity index is 1.65. The third-order valence-electron chi connectivity index (χ3n) is 3.23. The second-order valence-corrected chi connectivity index (χ2v) is 9.78. The smallest absolute Gasteiger partial charge is 0.210 e. The summed E-state index contributed by atoms with van der Waals surface area (Å²) >= 11 is 2.62. The van der Waals surface area contributed by atoms with Crippen molar-refractivity contribution >= 4 is 43.8 Å². The van der Waals surface area contributed by atoms with E-state index in [1.54, 1.807) is 0 Å². The predicted octanol–water partition coefficient (Wildman–Crippen LogP) is 1.84. The van der Waals surface area contributed by atoms with E-state index in [1.807, 2.05) is 31.2 Å². The first-order valence-corrected chi connectivity index (χ1v) is 10.2. The topological polar surface area (TPSA) is 92.2 Å². The lowest BCUT2D eigenvalue weighted by Crippen LogP contribution is -2.19. The highest BCUT2D eigenvalue weighted by atomic mass is 32.2. The molecule has 0 saturated carbocycles. The fraction of sp³-hybridized carbons (Fsp3) is 0.385. The van der Waals surface area contributed by atoms with Gasteiger partial charge in [0.15, 0.2) is 14.2 Å². The molecule has 1 aromatic carbocycles. The van der Waals surface area contributed by atoms with E-state index in [2.05, 4.69) is 15.5 Å². The van der Waals surface area contributed by atoms with Gasteiger partial charge in [0, 0.05) is 5.69 Å². The molecule has 2 heterocycles. The molecule has 0 radical (unpaired) electrons. The molecule has 2 atom stereocenters. The lowest BCUT2D eigenvalue weighted by molar-refractivity contribution is 0.207. The van der Waals surface area contributed by atoms with E-state index in [-0.39, 0.29) is 16.8 Å². The number of aromatic nitrogens is 2. The predicted molar refractivity (Wildman–Crippen MR) is 88.7 cm³/mol. The van der Waals surface area contributed by atoms with Crippen molar-refractivity contribution in [2.24, 2.45) is 0 Å². The first kappa shape index (κ1) is 15.7. The maximum Gasteiger partial charge on any atom is 0.210 e. The molecule has 2 aromatic rings. The molecule has 0 aliphatic carbocycles. The third-order valence-corrected chi connectivity index (χ3v) is 7.40. The van der Waals surface area contributed by atoms with Gasteiger partial charge in [-0.1, -0.05) is 40.8 Å². The highest BCUT2D eigenvalue weighted by molar-refractivity contribution is 8.03. The molecule has 3 rings (SSSR count). The number of nitrogens with one attached hydrogen (secondary N) is 1. The van der Waals surface area contributed by atoms with E-state index in [1.165, 1.54) is 28.7 Å². The van der Waals surface area contributed by atoms with E-state index in [0.29, 0.717) is 9.47 Å². The number of rotatable bonds is 4. The van der Waals surface area contributed by atoms with Crippen LogP contribution in [0.1, 0.15) is 5.56 Å². The van der Waals surface area contributed by atoms with Crippen molar-refractivity contribution in [2.45, 2.75) is 22.6 Å². The van der Waals surface area contributed by atoms with E-state index < -0.39 is 15.9 Å². The highest BCUT2D eigenvalue weighted by Crippen LogP contribution is 2.34. The van der Waals surface area contributed by atoms with Gasteiger partial charge in [-0.25, -0.2) is 8.42 Å². The number of nitrogens with zero attached hydrogens (tertiary/aromatic N) is 2. The molecule has 0 unspecified atom stereocenters. The van der Waals surface area contributed by atoms with Crippen molar-refractivity contribution < 1.29 is 13.5 Å². The number of benzene rings is 1. The molecule has 0 spiro atoms. The van der Waals surface area contributed by atoms with E-state index in [9.17, 15) is 13.5 Å². The summed E-state index contributed by atoms with van der Waals surface area (Å²) in [6, 6.07) is 7.91. The Morgan fingerprint density at radius 1 is 1.27 bits per heavy atom. The fourth-order valence-corrected chi connectivity index (χ4v) is 6.63. The Hall–Kier alpha value is -1.16. The summed E-state index contributed by atoms with van der Waals surface area (Å²) in [5, 5.41) is 21.3. The summed E-state index contributed by atoms with van der Waals surface area (Å²) in [4.78, 5) is 0. The van der Waals surface area contributed by atoms with E-state index in [0.717, 1.165) is 5.69 Å². The van der Waals surface area contributed by atoms with Gasteiger partial charge < -0.3 is 10.4 Å². The van der Waals surface area contributed by atoms with Crippen molar-refractivity contribution in [1.29, 1.82) is 0 Å². The number of aryl methyl sites for hydroxylation is 1. The van der Waals surface area contributed by atoms with Crippen LogP contribution in [0, 0.1) is 6.92 Å². The zero-order chi connectivity index (χ0) is 15.7. The van der Waals surface area contributed by atoms with Crippen LogP contribution in [-0.4, -0.2) is 46.6 Å². The first-order chi connectivity index (χ1) is 10.4. The quantitative estimate of drug-likeness (QED) is 0.862. The van der Waals surface area contributed by atoms with Crippen molar-refractivity contribution in [3.63, 3.8) is 0 Å². The molecular formula is C13H15N3O3S3. The summed E-state index contributed by atoms with van der Waals surface area (Å²) in [7, 11) is -3.14. The number of sulfone groups is 1. The van der Waals surface area contributed by atoms with Gasteiger partial charge in [0.05, 0.1) is 22.9 Å². The zero-order valence-electron chi connectivity index (χ0n) is 11.8. The van der Waals surface area contributed by atoms with Gasteiger partial charge in [-0.3, -0.25) is 0 Å². The average molecular weight is 357 g/mol. The Bertz CT molecular complexity index is 758. The Labute approximate surface area is 136 Å². The number of anilines is 2. The zero-order valence-corrected chi connectivity index (χ0v) is 14.2. The second-order valence-electron chi connectivity index (χ2n) is 5.16. The Morgan fingerprint density at radius 2 is 2.00 bits per heavy atom. The molecule has 22 heavy (non-hydrogen) atoms. The highest BCUT2D eigenvalue weighted by Gasteiger charge is 2.37. The number of hydrogen-bond acceptors (Lipinski definition) is 8. The molecule has 1 saturated heterocycles. The molecule has 1 aromatic heterocycles. The SMILES string of the molecule is Cc1ccc(Nc2nnc(S[C@H]3CS(=O)(=O)C[C@@H]3O)s2)cc1. The van der Waals surface area contributed by atoms with E-state index in [4.69, 9.17) is 0 Å². The van der Waals surface area contributed by atoms with Crippen LogP contribution in [0.4, 0.5) is 10.8 Å². The van der Waals surface area contributed by atoms with Crippen LogP contribution in [0.3, 0.4) is 0 Å². The number of thioether (sulfide) groups is 1. The molecule has 0 bridgehead atoms. The second kappa shape index (κ2) is 6.15. The monoisotopic (exact) mass is 357 g/mol. The van der Waals surface area contributed by atoms with Crippen LogP contribution in [-0.2, 0) is 9.84 Å². The van der Waals surface area contributed by atoms with Crippen molar-refractivity contribution in [3.8, 4) is 0 Å². The van der Waals surface area contributed by atoms with Gasteiger partial charge in [-0.05, 0) is 19.1 Å². The summed E-state index contributed by atoms with van der Waals surface area (Å²) in [5.74, 6) is -0.183. The van der Waals surface area contributed by atoms with Gasteiger partial charge in [0.25, 0.3) is 0 Å². The standard InChI is InChI=1S/C13H15N3O3S3/c1-8-2-4-9(5-3-8)14-12-15-16-13(21-12)20-11-7-22(18,19)6-10(11)17/h2-5,10-11,17H,6-7H2,1H3,(H,14,15)/t10-,11-/m0/s1. The summed E-state index contributed by atoms with van der Waals surface area (Å²) in [6.45, 7) is 2.02. The number of aliphatic hydroxyl groups is 1. The molecular weight excluding hydrogens is 342 g/mol. The fourth-order valence-electron chi connectivity index (χ4n) is 2.11. The van der Waals surface area contributed by atoms with Crippen molar-refractivity contribution in [1.82, 2.24) is 10.2 Å². The van der Waals surface area contributed by atoms with Gasteiger partial charge in [-0.15, -0.1) is 10.2 Å². The Morgan fingerprint density at radius 3 is 2.64 bits per heavy atom. The maximum absolute atomic E-state index is 11.5. The van der Waals surface area contributed by atoms with Crippen molar-refractivity contribution in [3.05, 3.63) is 29.8 Å². The molecule has 118 valence electrons. The molecule has 2 N–H and O–H groups in total. The minimum atomic E-state index is -3.14. The van der Waals surface area contributed by atoms with Gasteiger partial charge in [0.1, 0.15) is 0 Å². The first-order valence-electron chi connectivity index (χ1n) is 6.64. The summed E-state index contributed by atoms with van der Waals surface area (Å²) in [5.41, 5.74) is 2.09. The lowest BCUT2D eigenvalue weighted by Gasteiger charge is -2.08. The minimum Gasteiger partial charge on any atom is -0.391 e. The lowest BCUT2D eigenvalue weighted by atomic mass is 10.2. The summed E-state index contributed by atoms with van der Waals surface area (Å²) in [6.07, 6.45) is -0.840. The molecule has 6 nitrogen and oxygen atoms in total. The van der Waals surface area contributed by atoms with Crippen LogP contribution >= 0.6 is 23.1 Å². The summed E-state index contributed by atoms with van der Waals surface area (Å²) < 4.78 is 23.6. The van der Waals surface area contributed by atoms with Crippen molar-refractivity contribution in [2.75, 3.05) is 16.8 Å². The molecule has 9 heteroatoms. The maximum atomic E-state index is 11.5. The largest absolute Gasteiger partial charge is 0.391 e. The van der Waals surface area contributed by atoms with Gasteiger partial charge >= 0.3 is 0 Å². The van der Waals surface area contributed by atoms with Crippen LogP contribution in [0.2, 0.25) is 0 Å². The Kier molecular flexibility index (Phi) is 4.40. The van der Waals surface area contributed by atoms with Gasteiger partial charge in [-0.2, -0.15) is 0 Å². The van der Waals surface area contributed by atoms with Crippen LogP contribution in [0.25, 0.3) is 0 Å². The van der Waals surface area contributed by atoms with Crippen LogP contribution < -0.4 is 5.32 Å². The van der Waals surface area contributed by atoms with E-state index >= 15 is 0 Å². The molecule has 0 amide bonds. The number of hydrogen-bond donors (Lipinski definition) is 2. The number of aliphatic hydroxyl groups excluding tert-OH is 1. The van der Waals surface area contributed by atoms with Crippen LogP contribution in [0.15, 0.2) is 28.6 Å². The normalized spacial score (nSPS) is 23.5. The van der Waals surface area contributed by atoms with Crippen LogP contribution in [0.5, 0.6) is 0 Å².